The lowest BCUT2D eigenvalue weighted by atomic mass is 9.94. The van der Waals surface area contributed by atoms with Crippen molar-refractivity contribution in [3.63, 3.8) is 0 Å². The Morgan fingerprint density at radius 2 is 1.59 bits per heavy atom. The fourth-order valence-electron chi connectivity index (χ4n) is 4.08. The van der Waals surface area contributed by atoms with E-state index < -0.39 is 10.0 Å². The lowest BCUT2D eigenvalue weighted by Crippen LogP contribution is -2.48. The van der Waals surface area contributed by atoms with Crippen molar-refractivity contribution in [3.05, 3.63) is 29.8 Å². The first-order valence-corrected chi connectivity index (χ1v) is 11.3. The van der Waals surface area contributed by atoms with Crippen LogP contribution in [0.1, 0.15) is 56.3 Å². The lowest BCUT2D eigenvalue weighted by Gasteiger charge is -2.34. The lowest BCUT2D eigenvalue weighted by molar-refractivity contribution is -0.0440. The Bertz CT molecular complexity index is 747. The molecule has 7 heteroatoms. The van der Waals surface area contributed by atoms with Crippen molar-refractivity contribution in [3.8, 4) is 0 Å². The monoisotopic (exact) mass is 394 g/mol. The number of hydrogen-bond acceptors (Lipinski definition) is 4. The summed E-state index contributed by atoms with van der Waals surface area (Å²) in [5.41, 5.74) is 0.533. The van der Waals surface area contributed by atoms with E-state index in [1.807, 2.05) is 25.8 Å². The Morgan fingerprint density at radius 1 is 1.04 bits per heavy atom. The standard InChI is InChI=1S/C20H30N2O4S/c1-15-13-22(14-16(2)26-15)27(24,25)19-11-9-17(10-12-19)20(23)21(3)18-7-5-4-6-8-18/h9-12,15-16,18H,4-8,13-14H2,1-3H3/t15-,16-/m0/s1. The minimum Gasteiger partial charge on any atom is -0.373 e. The average molecular weight is 395 g/mol. The van der Waals surface area contributed by atoms with Crippen molar-refractivity contribution < 1.29 is 17.9 Å². The number of rotatable bonds is 4. The van der Waals surface area contributed by atoms with Crippen LogP contribution in [0.25, 0.3) is 0 Å². The van der Waals surface area contributed by atoms with Gasteiger partial charge in [-0.25, -0.2) is 8.42 Å². The fourth-order valence-corrected chi connectivity index (χ4v) is 5.67. The summed E-state index contributed by atoms with van der Waals surface area (Å²) in [7, 11) is -1.74. The number of amides is 1. The molecule has 0 unspecified atom stereocenters. The van der Waals surface area contributed by atoms with Crippen molar-refractivity contribution in [2.75, 3.05) is 20.1 Å². The molecule has 0 radical (unpaired) electrons. The summed E-state index contributed by atoms with van der Waals surface area (Å²) in [4.78, 5) is 14.8. The van der Waals surface area contributed by atoms with Gasteiger partial charge in [0.2, 0.25) is 10.0 Å². The number of carbonyl (C=O) groups is 1. The van der Waals surface area contributed by atoms with Gasteiger partial charge in [0.25, 0.3) is 5.91 Å². The quantitative estimate of drug-likeness (QED) is 0.788. The Balaban J connectivity index is 1.73. The second kappa shape index (κ2) is 8.29. The van der Waals surface area contributed by atoms with E-state index in [4.69, 9.17) is 4.74 Å². The van der Waals surface area contributed by atoms with E-state index in [1.165, 1.54) is 10.7 Å². The predicted octanol–water partition coefficient (Wildman–Crippen LogP) is 2.89. The summed E-state index contributed by atoms with van der Waals surface area (Å²) in [6.45, 7) is 4.44. The second-order valence-corrected chi connectivity index (χ2v) is 9.75. The van der Waals surface area contributed by atoms with E-state index in [-0.39, 0.29) is 29.1 Å². The van der Waals surface area contributed by atoms with Crippen LogP contribution in [0.3, 0.4) is 0 Å². The summed E-state index contributed by atoms with van der Waals surface area (Å²) in [6.07, 6.45) is 5.39. The molecule has 1 aliphatic carbocycles. The van der Waals surface area contributed by atoms with Gasteiger partial charge in [-0.05, 0) is 51.0 Å². The zero-order valence-corrected chi connectivity index (χ0v) is 17.2. The van der Waals surface area contributed by atoms with E-state index in [0.717, 1.165) is 25.7 Å². The Hall–Kier alpha value is -1.44. The molecule has 0 bridgehead atoms. The molecule has 1 aromatic carbocycles. The van der Waals surface area contributed by atoms with Gasteiger partial charge >= 0.3 is 0 Å². The number of nitrogens with zero attached hydrogens (tertiary/aromatic N) is 2. The van der Waals surface area contributed by atoms with Crippen molar-refractivity contribution in [2.45, 2.75) is 69.1 Å². The van der Waals surface area contributed by atoms with Gasteiger partial charge in [0.15, 0.2) is 0 Å². The molecule has 6 nitrogen and oxygen atoms in total. The van der Waals surface area contributed by atoms with Gasteiger partial charge in [-0.2, -0.15) is 4.31 Å². The molecule has 0 spiro atoms. The maximum Gasteiger partial charge on any atom is 0.253 e. The van der Waals surface area contributed by atoms with Crippen LogP contribution in [-0.4, -0.2) is 61.9 Å². The smallest absolute Gasteiger partial charge is 0.253 e. The Morgan fingerprint density at radius 3 is 2.15 bits per heavy atom. The first-order valence-electron chi connectivity index (χ1n) is 9.82. The molecule has 1 aromatic rings. The number of morpholine rings is 1. The third-order valence-corrected chi connectivity index (χ3v) is 7.41. The van der Waals surface area contributed by atoms with Crippen LogP contribution < -0.4 is 0 Å². The second-order valence-electron chi connectivity index (χ2n) is 7.81. The molecular formula is C20H30N2O4S. The number of hydrogen-bond donors (Lipinski definition) is 0. The zero-order valence-electron chi connectivity index (χ0n) is 16.4. The van der Waals surface area contributed by atoms with Crippen LogP contribution in [0.2, 0.25) is 0 Å². The molecule has 1 amide bonds. The molecule has 1 saturated carbocycles. The molecule has 0 N–H and O–H groups in total. The van der Waals surface area contributed by atoms with Gasteiger partial charge in [0.1, 0.15) is 0 Å². The number of sulfonamides is 1. The minimum atomic E-state index is -3.58. The topological polar surface area (TPSA) is 66.9 Å². The van der Waals surface area contributed by atoms with E-state index in [0.29, 0.717) is 18.7 Å². The third-order valence-electron chi connectivity index (χ3n) is 5.57. The Labute approximate surface area is 162 Å². The maximum absolute atomic E-state index is 12.9. The van der Waals surface area contributed by atoms with E-state index in [9.17, 15) is 13.2 Å². The van der Waals surface area contributed by atoms with Crippen LogP contribution in [0.15, 0.2) is 29.2 Å². The van der Waals surface area contributed by atoms with Gasteiger partial charge < -0.3 is 9.64 Å². The van der Waals surface area contributed by atoms with Gasteiger partial charge in [0.05, 0.1) is 17.1 Å². The molecule has 2 atom stereocenters. The van der Waals surface area contributed by atoms with Gasteiger partial charge in [0, 0.05) is 31.7 Å². The van der Waals surface area contributed by atoms with Crippen molar-refractivity contribution in [1.82, 2.24) is 9.21 Å². The summed E-state index contributed by atoms with van der Waals surface area (Å²) >= 11 is 0. The highest BCUT2D eigenvalue weighted by Gasteiger charge is 2.32. The van der Waals surface area contributed by atoms with Crippen LogP contribution in [0.5, 0.6) is 0 Å². The fraction of sp³-hybridized carbons (Fsp3) is 0.650. The minimum absolute atomic E-state index is 0.0422. The molecule has 150 valence electrons. The Kier molecular flexibility index (Phi) is 6.23. The summed E-state index contributed by atoms with van der Waals surface area (Å²) < 4.78 is 32.9. The molecule has 3 rings (SSSR count). The SMILES string of the molecule is C[C@H]1CN(S(=O)(=O)c2ccc(C(=O)N(C)C3CCCCC3)cc2)C[C@H](C)O1. The maximum atomic E-state index is 12.9. The summed E-state index contributed by atoms with van der Waals surface area (Å²) in [6, 6.07) is 6.62. The average Bonchev–Trinajstić information content (AvgIpc) is 2.67. The first kappa shape index (κ1) is 20.3. The van der Waals surface area contributed by atoms with E-state index in [2.05, 4.69) is 0 Å². The van der Waals surface area contributed by atoms with Crippen molar-refractivity contribution >= 4 is 15.9 Å². The number of benzene rings is 1. The van der Waals surface area contributed by atoms with Gasteiger partial charge in [-0.3, -0.25) is 4.79 Å². The van der Waals surface area contributed by atoms with E-state index in [1.54, 1.807) is 24.3 Å². The molecule has 27 heavy (non-hydrogen) atoms. The van der Waals surface area contributed by atoms with Crippen LogP contribution in [0, 0.1) is 0 Å². The number of carbonyl (C=O) groups excluding carboxylic acids is 1. The summed E-state index contributed by atoms with van der Waals surface area (Å²) in [5.74, 6) is -0.0422. The highest BCUT2D eigenvalue weighted by atomic mass is 32.2. The molecule has 1 heterocycles. The molecule has 1 saturated heterocycles. The molecule has 0 aromatic heterocycles. The van der Waals surface area contributed by atoms with Crippen LogP contribution in [0.4, 0.5) is 0 Å². The van der Waals surface area contributed by atoms with Gasteiger partial charge in [-0.15, -0.1) is 0 Å². The predicted molar refractivity (Wildman–Crippen MR) is 104 cm³/mol. The van der Waals surface area contributed by atoms with Crippen LogP contribution >= 0.6 is 0 Å². The number of ether oxygens (including phenoxy) is 1. The van der Waals surface area contributed by atoms with Crippen molar-refractivity contribution in [2.24, 2.45) is 0 Å². The molecule has 1 aliphatic heterocycles. The molecule has 2 fully saturated rings. The molecule has 2 aliphatic rings. The van der Waals surface area contributed by atoms with Crippen molar-refractivity contribution in [1.29, 1.82) is 0 Å². The normalized spacial score (nSPS) is 25.3. The zero-order chi connectivity index (χ0) is 19.6. The van der Waals surface area contributed by atoms with Crippen LogP contribution in [-0.2, 0) is 14.8 Å². The van der Waals surface area contributed by atoms with E-state index >= 15 is 0 Å². The summed E-state index contributed by atoms with van der Waals surface area (Å²) in [5, 5.41) is 0. The largest absolute Gasteiger partial charge is 0.373 e. The molecular weight excluding hydrogens is 364 g/mol. The van der Waals surface area contributed by atoms with Gasteiger partial charge in [-0.1, -0.05) is 19.3 Å². The third kappa shape index (κ3) is 4.52. The highest BCUT2D eigenvalue weighted by Crippen LogP contribution is 2.24. The highest BCUT2D eigenvalue weighted by molar-refractivity contribution is 7.89. The first-order chi connectivity index (χ1) is 12.8.